The third-order valence-corrected chi connectivity index (χ3v) is 16.0. The number of carbonyl (C=O) groups is 7. The highest BCUT2D eigenvalue weighted by Crippen LogP contribution is 2.41. The molecule has 2 saturated heterocycles. The standard InChI is InChI=1S/C54H80N18O10/c55-35(13-7-21-62-51(56)57)45(75)66-36(14-8-22-63-52(58)59)47(77)68-24-19-34(20-25-68)71-41-18-6-5-17-40(41)70(54(71)82)29-44(74)65-38(30-73)48(78)69-28-33-12-2-1-10-31(33)26-43(69)49(79)72-39-16-4-3-11-32(39)27-42(72)46(76)67-37(50(80)81)15-9-23-64-53(60)61/h1-2,5-6,10,12,17-18,32,34-39,42-43,73H,3-4,7-9,11,13-16,19-30,55H2,(H,65,74)(H,66,75)(H,67,76)(H,80,81)(H4,56,57,62)(H4,58,59,63)(H4,60,61,64). The van der Waals surface area contributed by atoms with E-state index in [0.717, 1.165) is 30.4 Å². The highest BCUT2D eigenvalue weighted by atomic mass is 16.4. The monoisotopic (exact) mass is 1140 g/mol. The fourth-order valence-corrected chi connectivity index (χ4v) is 11.9. The molecule has 0 bridgehead atoms. The van der Waals surface area contributed by atoms with Crippen LogP contribution in [0.1, 0.15) is 101 Å². The number of aliphatic carboxylic acids is 1. The van der Waals surface area contributed by atoms with E-state index in [4.69, 9.17) is 40.1 Å². The van der Waals surface area contributed by atoms with E-state index in [2.05, 4.69) is 30.9 Å². The molecule has 3 aliphatic heterocycles. The Kier molecular flexibility index (Phi) is 21.3. The van der Waals surface area contributed by atoms with Crippen LogP contribution in [0.25, 0.3) is 11.0 Å². The molecule has 8 atom stereocenters. The zero-order chi connectivity index (χ0) is 59.2. The summed E-state index contributed by atoms with van der Waals surface area (Å²) in [4.78, 5) is 129. The van der Waals surface area contributed by atoms with Crippen LogP contribution in [0.5, 0.6) is 0 Å². The SMILES string of the molecule is NC(N)=NCCCC(N)C(=O)NC(CCCN=C(N)N)C(=O)N1CCC(n2c(=O)n(CC(=O)NC(CO)C(=O)N3Cc4ccccc4CC3C(=O)N3C(C(=O)NC(CCCN=C(N)N)C(=O)O)CC4CCCCC43)c3ccccc32)CC1. The predicted molar refractivity (Wildman–Crippen MR) is 305 cm³/mol. The summed E-state index contributed by atoms with van der Waals surface area (Å²) in [6.07, 6.45) is 5.70. The van der Waals surface area contributed by atoms with Crippen molar-refractivity contribution in [2.45, 2.75) is 151 Å². The van der Waals surface area contributed by atoms with Gasteiger partial charge >= 0.3 is 11.7 Å². The number of likely N-dealkylation sites (tertiary alicyclic amines) is 2. The van der Waals surface area contributed by atoms with Gasteiger partial charge in [-0.2, -0.15) is 0 Å². The van der Waals surface area contributed by atoms with Gasteiger partial charge in [-0.1, -0.05) is 49.2 Å². The molecule has 0 spiro atoms. The van der Waals surface area contributed by atoms with Gasteiger partial charge in [0.25, 0.3) is 0 Å². The molecule has 3 aromatic rings. The Bertz CT molecular complexity index is 2940. The topological polar surface area (TPSA) is 452 Å². The van der Waals surface area contributed by atoms with Gasteiger partial charge in [-0.15, -0.1) is 0 Å². The molecule has 1 aliphatic carbocycles. The van der Waals surface area contributed by atoms with Gasteiger partial charge < -0.3 is 81.0 Å². The van der Waals surface area contributed by atoms with Crippen LogP contribution in [-0.4, -0.2) is 175 Å². The number of fused-ring (bicyclic) bond motifs is 3. The number of piperidine rings is 1. The highest BCUT2D eigenvalue weighted by molar-refractivity contribution is 5.96. The zero-order valence-corrected chi connectivity index (χ0v) is 46.2. The van der Waals surface area contributed by atoms with Crippen LogP contribution in [0, 0.1) is 5.92 Å². The first kappa shape index (κ1) is 61.4. The molecule has 6 amide bonds. The Balaban J connectivity index is 1.05. The van der Waals surface area contributed by atoms with Crippen molar-refractivity contribution in [2.24, 2.45) is 61.0 Å². The van der Waals surface area contributed by atoms with E-state index >= 15 is 4.79 Å². The van der Waals surface area contributed by atoms with Crippen molar-refractivity contribution in [3.8, 4) is 0 Å². The number of benzene rings is 2. The average molecular weight is 1140 g/mol. The van der Waals surface area contributed by atoms with Crippen molar-refractivity contribution in [3.63, 3.8) is 0 Å². The van der Waals surface area contributed by atoms with Gasteiger partial charge in [-0.05, 0) is 99.8 Å². The molecular formula is C54H80N18O10. The molecule has 4 heterocycles. The van der Waals surface area contributed by atoms with E-state index in [1.165, 1.54) is 9.47 Å². The van der Waals surface area contributed by atoms with Gasteiger partial charge in [-0.25, -0.2) is 9.59 Å². The minimum absolute atomic E-state index is 0.0282. The second kappa shape index (κ2) is 28.4. The van der Waals surface area contributed by atoms with E-state index in [1.54, 1.807) is 44.7 Å². The number of nitrogens with one attached hydrogen (secondary N) is 3. The van der Waals surface area contributed by atoms with Crippen molar-refractivity contribution in [3.05, 3.63) is 70.1 Å². The molecule has 2 aromatic carbocycles. The number of hydrogen-bond acceptors (Lipinski definition) is 13. The molecule has 0 radical (unpaired) electrons. The molecular weight excluding hydrogens is 1060 g/mol. The molecule has 19 N–H and O–H groups in total. The van der Waals surface area contributed by atoms with Crippen molar-refractivity contribution in [1.29, 1.82) is 0 Å². The third kappa shape index (κ3) is 15.2. The summed E-state index contributed by atoms with van der Waals surface area (Å²) in [6.45, 7) is -0.351. The lowest BCUT2D eigenvalue weighted by Gasteiger charge is -2.42. The van der Waals surface area contributed by atoms with Crippen LogP contribution in [0.3, 0.4) is 0 Å². The normalized spacial score (nSPS) is 20.2. The number of imidazole rings is 1. The van der Waals surface area contributed by atoms with Gasteiger partial charge in [0.1, 0.15) is 36.8 Å². The first-order valence-corrected chi connectivity index (χ1v) is 28.1. The summed E-state index contributed by atoms with van der Waals surface area (Å²) in [7, 11) is 0. The Morgan fingerprint density at radius 3 is 1.88 bits per heavy atom. The molecule has 1 saturated carbocycles. The number of rotatable bonds is 25. The van der Waals surface area contributed by atoms with Crippen LogP contribution < -0.4 is 61.8 Å². The van der Waals surface area contributed by atoms with Gasteiger partial charge in [0.05, 0.1) is 23.7 Å². The lowest BCUT2D eigenvalue weighted by Crippen LogP contribution is -2.62. The van der Waals surface area contributed by atoms with E-state index < -0.39 is 96.6 Å². The van der Waals surface area contributed by atoms with Crippen LogP contribution in [0.4, 0.5) is 0 Å². The van der Waals surface area contributed by atoms with E-state index in [0.29, 0.717) is 49.6 Å². The van der Waals surface area contributed by atoms with Crippen LogP contribution >= 0.6 is 0 Å². The number of carbonyl (C=O) groups excluding carboxylic acids is 6. The van der Waals surface area contributed by atoms with Crippen molar-refractivity contribution < 1.29 is 43.8 Å². The van der Waals surface area contributed by atoms with Crippen LogP contribution in [0.15, 0.2) is 68.3 Å². The number of aliphatic hydroxyl groups excluding tert-OH is 1. The Morgan fingerprint density at radius 1 is 0.671 bits per heavy atom. The summed E-state index contributed by atoms with van der Waals surface area (Å²) in [6, 6.07) is 6.54. The summed E-state index contributed by atoms with van der Waals surface area (Å²) >= 11 is 0. The number of aliphatic hydroxyl groups is 1. The summed E-state index contributed by atoms with van der Waals surface area (Å²) in [5.41, 5.74) is 40.8. The maximum Gasteiger partial charge on any atom is 0.329 e. The number of carboxylic acid groups (broad SMARTS) is 1. The predicted octanol–water partition coefficient (Wildman–Crippen LogP) is -2.90. The number of aliphatic imine (C=N–C) groups is 3. The van der Waals surface area contributed by atoms with Crippen molar-refractivity contribution in [1.82, 2.24) is 39.8 Å². The van der Waals surface area contributed by atoms with Crippen LogP contribution in [0.2, 0.25) is 0 Å². The lowest BCUT2D eigenvalue weighted by atomic mass is 9.84. The molecule has 8 unspecified atom stereocenters. The molecule has 28 nitrogen and oxygen atoms in total. The summed E-state index contributed by atoms with van der Waals surface area (Å²) in [5, 5.41) is 29.0. The fraction of sp³-hybridized carbons (Fsp3) is 0.574. The fourth-order valence-electron chi connectivity index (χ4n) is 11.9. The number of hydrogen-bond donors (Lipinski definition) is 12. The van der Waals surface area contributed by atoms with E-state index in [-0.39, 0.29) is 107 Å². The van der Waals surface area contributed by atoms with Crippen molar-refractivity contribution in [2.75, 3.05) is 39.3 Å². The summed E-state index contributed by atoms with van der Waals surface area (Å²) in [5.74, 6) is -5.16. The molecule has 82 heavy (non-hydrogen) atoms. The number of carboxylic acids is 1. The maximum absolute atomic E-state index is 15.3. The number of para-hydroxylation sites is 2. The Morgan fingerprint density at radius 2 is 1.26 bits per heavy atom. The second-order valence-corrected chi connectivity index (χ2v) is 21.6. The smallest absolute Gasteiger partial charge is 0.329 e. The minimum atomic E-state index is -1.55. The second-order valence-electron chi connectivity index (χ2n) is 21.6. The lowest BCUT2D eigenvalue weighted by molar-refractivity contribution is -0.153. The zero-order valence-electron chi connectivity index (χ0n) is 46.2. The number of aromatic nitrogens is 2. The van der Waals surface area contributed by atoms with Gasteiger partial charge in [0.15, 0.2) is 17.9 Å². The van der Waals surface area contributed by atoms with Crippen LogP contribution in [-0.2, 0) is 53.1 Å². The maximum atomic E-state index is 15.3. The van der Waals surface area contributed by atoms with Crippen molar-refractivity contribution >= 4 is 70.3 Å². The summed E-state index contributed by atoms with van der Waals surface area (Å²) < 4.78 is 2.88. The van der Waals surface area contributed by atoms with E-state index in [1.807, 2.05) is 18.2 Å². The first-order valence-electron chi connectivity index (χ1n) is 28.1. The number of nitrogens with two attached hydrogens (primary N) is 7. The van der Waals surface area contributed by atoms with Gasteiger partial charge in [0, 0.05) is 57.8 Å². The number of nitrogens with zero attached hydrogens (tertiary/aromatic N) is 8. The molecule has 446 valence electrons. The molecule has 3 fully saturated rings. The van der Waals surface area contributed by atoms with Gasteiger partial charge in [0.2, 0.25) is 35.4 Å². The number of amides is 6. The van der Waals surface area contributed by atoms with Gasteiger partial charge in [-0.3, -0.25) is 52.9 Å². The largest absolute Gasteiger partial charge is 0.480 e. The first-order chi connectivity index (χ1) is 39.3. The van der Waals surface area contributed by atoms with E-state index in [9.17, 15) is 43.8 Å². The number of guanidine groups is 3. The molecule has 4 aliphatic rings. The molecule has 1 aromatic heterocycles. The Labute approximate surface area is 474 Å². The average Bonchev–Trinajstić information content (AvgIpc) is 4.22. The molecule has 7 rings (SSSR count). The Hall–Kier alpha value is -8.27. The quantitative estimate of drug-likeness (QED) is 0.0230. The highest BCUT2D eigenvalue weighted by Gasteiger charge is 2.51. The minimum Gasteiger partial charge on any atom is -0.480 e. The third-order valence-electron chi connectivity index (χ3n) is 16.0. The molecule has 28 heteroatoms.